The topological polar surface area (TPSA) is 83.0 Å². The summed E-state index contributed by atoms with van der Waals surface area (Å²) in [5.74, 6) is 0. The summed E-state index contributed by atoms with van der Waals surface area (Å²) in [5, 5.41) is 16.7. The molecule has 2 N–H and O–H groups in total. The zero-order chi connectivity index (χ0) is 18.3. The standard InChI is InChI=1S/C18H19ClN4O3/c1-18(21-17(24)25)6-8-22(9-7-18)14-10-20-23-15(11-26-16(14)23)12-4-2-3-5-13(12)19/h2-5,10-11,21H,6-9H2,1H3,(H,24,25). The van der Waals surface area contributed by atoms with Crippen LogP contribution in [0.15, 0.2) is 41.1 Å². The first-order valence-corrected chi connectivity index (χ1v) is 8.81. The Labute approximate surface area is 155 Å². The van der Waals surface area contributed by atoms with E-state index in [9.17, 15) is 4.79 Å². The van der Waals surface area contributed by atoms with Crippen LogP contribution in [0, 0.1) is 0 Å². The molecule has 26 heavy (non-hydrogen) atoms. The molecule has 3 heterocycles. The van der Waals surface area contributed by atoms with Gasteiger partial charge in [-0.25, -0.2) is 4.79 Å². The maximum atomic E-state index is 11.0. The number of piperidine rings is 1. The highest BCUT2D eigenvalue weighted by Gasteiger charge is 2.33. The van der Waals surface area contributed by atoms with Gasteiger partial charge in [-0.15, -0.1) is 0 Å². The molecule has 1 fully saturated rings. The summed E-state index contributed by atoms with van der Waals surface area (Å²) in [6.45, 7) is 3.38. The van der Waals surface area contributed by atoms with E-state index in [2.05, 4.69) is 15.3 Å². The molecule has 1 aromatic carbocycles. The van der Waals surface area contributed by atoms with Crippen molar-refractivity contribution in [3.8, 4) is 11.3 Å². The number of benzene rings is 1. The Morgan fingerprint density at radius 3 is 2.77 bits per heavy atom. The van der Waals surface area contributed by atoms with Gasteiger partial charge in [-0.1, -0.05) is 29.8 Å². The van der Waals surface area contributed by atoms with Gasteiger partial charge in [0.05, 0.1) is 11.2 Å². The highest BCUT2D eigenvalue weighted by Crippen LogP contribution is 2.34. The van der Waals surface area contributed by atoms with E-state index >= 15 is 0 Å². The number of nitrogens with one attached hydrogen (secondary N) is 1. The molecular weight excluding hydrogens is 356 g/mol. The van der Waals surface area contributed by atoms with Crippen LogP contribution < -0.4 is 10.2 Å². The lowest BCUT2D eigenvalue weighted by Crippen LogP contribution is -2.53. The molecule has 136 valence electrons. The fourth-order valence-electron chi connectivity index (χ4n) is 3.46. The van der Waals surface area contributed by atoms with Crippen LogP contribution in [-0.4, -0.2) is 39.4 Å². The third-order valence-corrected chi connectivity index (χ3v) is 5.31. The average molecular weight is 375 g/mol. The molecule has 0 spiro atoms. The molecule has 1 aliphatic heterocycles. The molecule has 0 saturated carbocycles. The van der Waals surface area contributed by atoms with Gasteiger partial charge in [-0.2, -0.15) is 9.61 Å². The summed E-state index contributed by atoms with van der Waals surface area (Å²) in [4.78, 5) is 13.1. The van der Waals surface area contributed by atoms with Gasteiger partial charge in [0, 0.05) is 24.2 Å². The fourth-order valence-corrected chi connectivity index (χ4v) is 3.69. The van der Waals surface area contributed by atoms with E-state index < -0.39 is 11.6 Å². The van der Waals surface area contributed by atoms with Gasteiger partial charge in [0.15, 0.2) is 0 Å². The number of halogens is 1. The molecule has 0 radical (unpaired) electrons. The molecule has 0 bridgehead atoms. The first-order valence-electron chi connectivity index (χ1n) is 8.43. The predicted molar refractivity (Wildman–Crippen MR) is 98.9 cm³/mol. The molecule has 8 heteroatoms. The normalized spacial score (nSPS) is 16.8. The van der Waals surface area contributed by atoms with Crippen LogP contribution in [0.1, 0.15) is 19.8 Å². The number of fused-ring (bicyclic) bond motifs is 1. The van der Waals surface area contributed by atoms with Crippen LogP contribution in [0.3, 0.4) is 0 Å². The highest BCUT2D eigenvalue weighted by atomic mass is 35.5. The Hall–Kier alpha value is -2.67. The first-order chi connectivity index (χ1) is 12.5. The third kappa shape index (κ3) is 2.88. The van der Waals surface area contributed by atoms with E-state index in [1.165, 1.54) is 0 Å². The van der Waals surface area contributed by atoms with Gasteiger partial charge in [0.1, 0.15) is 17.6 Å². The zero-order valence-corrected chi connectivity index (χ0v) is 15.0. The summed E-state index contributed by atoms with van der Waals surface area (Å²) in [6, 6.07) is 7.57. The lowest BCUT2D eigenvalue weighted by Gasteiger charge is -2.39. The molecule has 2 aromatic heterocycles. The van der Waals surface area contributed by atoms with Crippen molar-refractivity contribution >= 4 is 29.1 Å². The van der Waals surface area contributed by atoms with Crippen molar-refractivity contribution in [3.05, 3.63) is 41.7 Å². The highest BCUT2D eigenvalue weighted by molar-refractivity contribution is 6.33. The molecule has 7 nitrogen and oxygen atoms in total. The number of oxazole rings is 1. The van der Waals surface area contributed by atoms with Crippen molar-refractivity contribution in [1.29, 1.82) is 0 Å². The monoisotopic (exact) mass is 374 g/mol. The first kappa shape index (κ1) is 16.8. The van der Waals surface area contributed by atoms with Crippen LogP contribution in [0.25, 0.3) is 17.0 Å². The predicted octanol–water partition coefficient (Wildman–Crippen LogP) is 3.87. The molecule has 1 amide bonds. The van der Waals surface area contributed by atoms with Gasteiger partial charge in [-0.05, 0) is 25.8 Å². The van der Waals surface area contributed by atoms with E-state index in [1.807, 2.05) is 31.2 Å². The van der Waals surface area contributed by atoms with E-state index in [1.54, 1.807) is 17.0 Å². The van der Waals surface area contributed by atoms with Crippen molar-refractivity contribution in [2.75, 3.05) is 18.0 Å². The van der Waals surface area contributed by atoms with E-state index in [-0.39, 0.29) is 0 Å². The average Bonchev–Trinajstić information content (AvgIpc) is 3.17. The summed E-state index contributed by atoms with van der Waals surface area (Å²) in [7, 11) is 0. The Balaban J connectivity index is 1.60. The molecular formula is C18H19ClN4O3. The van der Waals surface area contributed by atoms with Crippen LogP contribution in [0.5, 0.6) is 0 Å². The van der Waals surface area contributed by atoms with Crippen molar-refractivity contribution in [2.24, 2.45) is 0 Å². The third-order valence-electron chi connectivity index (χ3n) is 4.98. The minimum absolute atomic E-state index is 0.402. The number of carbonyl (C=O) groups is 1. The number of anilines is 1. The summed E-state index contributed by atoms with van der Waals surface area (Å²) in [6.07, 6.45) is 3.90. The Morgan fingerprint density at radius 1 is 1.35 bits per heavy atom. The van der Waals surface area contributed by atoms with E-state index in [0.29, 0.717) is 23.6 Å². The number of hydrogen-bond acceptors (Lipinski definition) is 4. The molecule has 0 aliphatic carbocycles. The molecule has 3 aromatic rings. The van der Waals surface area contributed by atoms with Crippen molar-refractivity contribution in [3.63, 3.8) is 0 Å². The van der Waals surface area contributed by atoms with Crippen LogP contribution in [-0.2, 0) is 0 Å². The molecule has 4 rings (SSSR count). The van der Waals surface area contributed by atoms with Gasteiger partial charge < -0.3 is 19.7 Å². The second kappa shape index (κ2) is 6.25. The van der Waals surface area contributed by atoms with Crippen molar-refractivity contribution in [2.45, 2.75) is 25.3 Å². The number of carboxylic acid groups (broad SMARTS) is 1. The molecule has 0 unspecified atom stereocenters. The second-order valence-electron chi connectivity index (χ2n) is 6.83. The number of amides is 1. The summed E-state index contributed by atoms with van der Waals surface area (Å²) >= 11 is 6.30. The van der Waals surface area contributed by atoms with Crippen molar-refractivity contribution in [1.82, 2.24) is 14.9 Å². The summed E-state index contributed by atoms with van der Waals surface area (Å²) < 4.78 is 7.54. The smallest absolute Gasteiger partial charge is 0.405 e. The number of hydrogen-bond donors (Lipinski definition) is 2. The van der Waals surface area contributed by atoms with Gasteiger partial charge in [-0.3, -0.25) is 0 Å². The Kier molecular flexibility index (Phi) is 4.03. The van der Waals surface area contributed by atoms with Gasteiger partial charge >= 0.3 is 6.09 Å². The Bertz CT molecular complexity index is 956. The molecule has 0 atom stereocenters. The minimum atomic E-state index is -0.982. The maximum absolute atomic E-state index is 11.0. The van der Waals surface area contributed by atoms with Crippen molar-refractivity contribution < 1.29 is 14.3 Å². The lowest BCUT2D eigenvalue weighted by atomic mass is 9.89. The van der Waals surface area contributed by atoms with E-state index in [0.717, 1.165) is 30.0 Å². The van der Waals surface area contributed by atoms with Gasteiger partial charge in [0.2, 0.25) is 5.71 Å². The fraction of sp³-hybridized carbons (Fsp3) is 0.333. The SMILES string of the molecule is CC1(NC(=O)O)CCN(c2cnn3c(-c4ccccc4Cl)coc23)CC1. The van der Waals surface area contributed by atoms with E-state index in [4.69, 9.17) is 21.1 Å². The van der Waals surface area contributed by atoms with Crippen LogP contribution >= 0.6 is 11.6 Å². The minimum Gasteiger partial charge on any atom is -0.465 e. The largest absolute Gasteiger partial charge is 0.465 e. The number of nitrogens with zero attached hydrogens (tertiary/aromatic N) is 3. The number of rotatable bonds is 3. The molecule has 1 aliphatic rings. The summed E-state index contributed by atoms with van der Waals surface area (Å²) in [5.41, 5.74) is 2.82. The lowest BCUT2D eigenvalue weighted by molar-refractivity contribution is 0.173. The second-order valence-corrected chi connectivity index (χ2v) is 7.23. The van der Waals surface area contributed by atoms with Gasteiger partial charge in [0.25, 0.3) is 0 Å². The quantitative estimate of drug-likeness (QED) is 0.727. The zero-order valence-electron chi connectivity index (χ0n) is 14.3. The maximum Gasteiger partial charge on any atom is 0.405 e. The van der Waals surface area contributed by atoms with Crippen LogP contribution in [0.4, 0.5) is 10.5 Å². The Morgan fingerprint density at radius 2 is 2.08 bits per heavy atom. The number of aromatic nitrogens is 2. The molecule has 1 saturated heterocycles. The van der Waals surface area contributed by atoms with Crippen LogP contribution in [0.2, 0.25) is 5.02 Å².